The predicted octanol–water partition coefficient (Wildman–Crippen LogP) is 4.13. The molecule has 1 saturated carbocycles. The Morgan fingerprint density at radius 2 is 1.83 bits per heavy atom. The van der Waals surface area contributed by atoms with Crippen molar-refractivity contribution in [3.05, 3.63) is 83.7 Å². The molecule has 2 amide bonds. The molecule has 0 spiro atoms. The van der Waals surface area contributed by atoms with Crippen LogP contribution < -0.4 is 10.6 Å². The lowest BCUT2D eigenvalue weighted by Crippen LogP contribution is -2.54. The van der Waals surface area contributed by atoms with Gasteiger partial charge in [0, 0.05) is 18.4 Å². The largest absolute Gasteiger partial charge is 0.394 e. The number of urea groups is 1. The van der Waals surface area contributed by atoms with Gasteiger partial charge in [0.05, 0.1) is 12.1 Å². The molecule has 3 aromatic rings. The zero-order chi connectivity index (χ0) is 20.4. The van der Waals surface area contributed by atoms with E-state index in [1.54, 1.807) is 25.1 Å². The average molecular weight is 392 g/mol. The smallest absolute Gasteiger partial charge is 0.315 e. The normalized spacial score (nSPS) is 20.1. The van der Waals surface area contributed by atoms with Gasteiger partial charge in [-0.05, 0) is 41.3 Å². The standard InChI is InChI=1S/C24H25FN2O2/c1-24(15-28,14-19-8-4-5-9-21(19)25)27-23(29)26-22-13-20(22)18-11-10-16-6-2-3-7-17(16)12-18/h2-12,20,22,28H,13-15H2,1H3,(H2,26,27,29)/t20-,22+,24?/m0/s1. The molecular weight excluding hydrogens is 367 g/mol. The van der Waals surface area contributed by atoms with Gasteiger partial charge in [-0.2, -0.15) is 0 Å². The number of hydrogen-bond donors (Lipinski definition) is 3. The molecule has 0 saturated heterocycles. The molecule has 3 N–H and O–H groups in total. The van der Waals surface area contributed by atoms with Gasteiger partial charge in [0.1, 0.15) is 5.82 Å². The minimum atomic E-state index is -0.945. The first-order valence-electron chi connectivity index (χ1n) is 9.89. The van der Waals surface area contributed by atoms with Gasteiger partial charge < -0.3 is 15.7 Å². The number of aliphatic hydroxyl groups excluding tert-OH is 1. The summed E-state index contributed by atoms with van der Waals surface area (Å²) in [6.45, 7) is 1.43. The highest BCUT2D eigenvalue weighted by molar-refractivity contribution is 5.83. The molecule has 0 aromatic heterocycles. The van der Waals surface area contributed by atoms with E-state index in [0.29, 0.717) is 5.56 Å². The number of hydrogen-bond acceptors (Lipinski definition) is 2. The number of halogens is 1. The van der Waals surface area contributed by atoms with Gasteiger partial charge in [0.25, 0.3) is 0 Å². The van der Waals surface area contributed by atoms with Crippen LogP contribution in [0.5, 0.6) is 0 Å². The van der Waals surface area contributed by atoms with Gasteiger partial charge in [0.2, 0.25) is 0 Å². The Bertz CT molecular complexity index is 1040. The molecule has 1 aliphatic carbocycles. The van der Waals surface area contributed by atoms with E-state index < -0.39 is 5.54 Å². The molecule has 1 unspecified atom stereocenters. The second-order valence-electron chi connectivity index (χ2n) is 8.14. The van der Waals surface area contributed by atoms with Crippen molar-refractivity contribution in [1.82, 2.24) is 10.6 Å². The van der Waals surface area contributed by atoms with E-state index in [-0.39, 0.29) is 36.8 Å². The summed E-state index contributed by atoms with van der Waals surface area (Å²) < 4.78 is 14.0. The number of nitrogens with one attached hydrogen (secondary N) is 2. The topological polar surface area (TPSA) is 61.4 Å². The molecule has 0 radical (unpaired) electrons. The Labute approximate surface area is 169 Å². The quantitative estimate of drug-likeness (QED) is 0.591. The Balaban J connectivity index is 1.37. The van der Waals surface area contributed by atoms with Crippen LogP contribution in [0, 0.1) is 5.82 Å². The van der Waals surface area contributed by atoms with Crippen molar-refractivity contribution in [3.63, 3.8) is 0 Å². The van der Waals surface area contributed by atoms with Gasteiger partial charge >= 0.3 is 6.03 Å². The van der Waals surface area contributed by atoms with Crippen LogP contribution in [-0.4, -0.2) is 29.3 Å². The van der Waals surface area contributed by atoms with Crippen LogP contribution in [0.4, 0.5) is 9.18 Å². The van der Waals surface area contributed by atoms with Crippen LogP contribution in [-0.2, 0) is 6.42 Å². The number of rotatable bonds is 6. The maximum absolute atomic E-state index is 14.0. The highest BCUT2D eigenvalue weighted by Gasteiger charge is 2.40. The first kappa shape index (κ1) is 19.4. The maximum Gasteiger partial charge on any atom is 0.315 e. The fraction of sp³-hybridized carbons (Fsp3) is 0.292. The van der Waals surface area contributed by atoms with E-state index in [1.807, 2.05) is 12.1 Å². The molecule has 3 atom stereocenters. The minimum Gasteiger partial charge on any atom is -0.394 e. The number of carbonyl (C=O) groups excluding carboxylic acids is 1. The summed E-state index contributed by atoms with van der Waals surface area (Å²) >= 11 is 0. The van der Waals surface area contributed by atoms with E-state index in [0.717, 1.165) is 6.42 Å². The lowest BCUT2D eigenvalue weighted by molar-refractivity contribution is 0.169. The third kappa shape index (κ3) is 4.40. The summed E-state index contributed by atoms with van der Waals surface area (Å²) in [7, 11) is 0. The van der Waals surface area contributed by atoms with Crippen LogP contribution in [0.2, 0.25) is 0 Å². The molecule has 4 nitrogen and oxygen atoms in total. The maximum atomic E-state index is 14.0. The minimum absolute atomic E-state index is 0.0626. The zero-order valence-electron chi connectivity index (χ0n) is 16.4. The lowest BCUT2D eigenvalue weighted by atomic mass is 9.93. The first-order valence-corrected chi connectivity index (χ1v) is 9.89. The van der Waals surface area contributed by atoms with Gasteiger partial charge in [-0.1, -0.05) is 60.7 Å². The summed E-state index contributed by atoms with van der Waals surface area (Å²) in [4.78, 5) is 12.5. The first-order chi connectivity index (χ1) is 14.0. The Morgan fingerprint density at radius 1 is 1.10 bits per heavy atom. The van der Waals surface area contributed by atoms with E-state index in [9.17, 15) is 14.3 Å². The molecule has 5 heteroatoms. The van der Waals surface area contributed by atoms with Crippen molar-refractivity contribution in [1.29, 1.82) is 0 Å². The van der Waals surface area contributed by atoms with Crippen molar-refractivity contribution in [2.75, 3.05) is 6.61 Å². The van der Waals surface area contributed by atoms with E-state index >= 15 is 0 Å². The van der Waals surface area contributed by atoms with Crippen LogP contribution in [0.3, 0.4) is 0 Å². The van der Waals surface area contributed by atoms with E-state index in [4.69, 9.17) is 0 Å². The molecule has 150 valence electrons. The molecule has 4 rings (SSSR count). The third-order valence-electron chi connectivity index (χ3n) is 5.61. The highest BCUT2D eigenvalue weighted by atomic mass is 19.1. The molecule has 29 heavy (non-hydrogen) atoms. The molecule has 0 aliphatic heterocycles. The average Bonchev–Trinajstić information content (AvgIpc) is 3.48. The summed E-state index contributed by atoms with van der Waals surface area (Å²) in [5.74, 6) is -0.0507. The number of benzene rings is 3. The van der Waals surface area contributed by atoms with E-state index in [2.05, 4.69) is 41.0 Å². The summed E-state index contributed by atoms with van der Waals surface area (Å²) in [6, 6.07) is 20.7. The second-order valence-corrected chi connectivity index (χ2v) is 8.14. The molecule has 0 bridgehead atoms. The van der Waals surface area contributed by atoms with Gasteiger partial charge in [-0.15, -0.1) is 0 Å². The Kier molecular flexibility index (Phi) is 5.24. The number of carbonyl (C=O) groups is 1. The number of aliphatic hydroxyl groups is 1. The summed E-state index contributed by atoms with van der Waals surface area (Å²) in [5, 5.41) is 18.0. The second kappa shape index (κ2) is 7.84. The van der Waals surface area contributed by atoms with Crippen molar-refractivity contribution in [2.24, 2.45) is 0 Å². The zero-order valence-corrected chi connectivity index (χ0v) is 16.4. The van der Waals surface area contributed by atoms with Crippen molar-refractivity contribution in [3.8, 4) is 0 Å². The van der Waals surface area contributed by atoms with Crippen molar-refractivity contribution < 1.29 is 14.3 Å². The van der Waals surface area contributed by atoms with Crippen LogP contribution in [0.25, 0.3) is 10.8 Å². The SMILES string of the molecule is CC(CO)(Cc1ccccc1F)NC(=O)N[C@@H]1C[C@H]1c1ccc2ccccc2c1. The highest BCUT2D eigenvalue weighted by Crippen LogP contribution is 2.41. The monoisotopic (exact) mass is 392 g/mol. The predicted molar refractivity (Wildman–Crippen MR) is 112 cm³/mol. The molecule has 3 aromatic carbocycles. The summed E-state index contributed by atoms with van der Waals surface area (Å²) in [6.07, 6.45) is 1.09. The fourth-order valence-electron chi connectivity index (χ4n) is 3.84. The van der Waals surface area contributed by atoms with Crippen LogP contribution >= 0.6 is 0 Å². The van der Waals surface area contributed by atoms with Crippen molar-refractivity contribution >= 4 is 16.8 Å². The fourth-order valence-corrected chi connectivity index (χ4v) is 3.84. The van der Waals surface area contributed by atoms with Crippen LogP contribution in [0.1, 0.15) is 30.4 Å². The molecular formula is C24H25FN2O2. The van der Waals surface area contributed by atoms with Gasteiger partial charge in [-0.3, -0.25) is 0 Å². The summed E-state index contributed by atoms with van der Waals surface area (Å²) in [5.41, 5.74) is 0.731. The number of fused-ring (bicyclic) bond motifs is 1. The lowest BCUT2D eigenvalue weighted by Gasteiger charge is -2.29. The molecule has 1 fully saturated rings. The Morgan fingerprint density at radius 3 is 2.59 bits per heavy atom. The van der Waals surface area contributed by atoms with Crippen LogP contribution in [0.15, 0.2) is 66.7 Å². The molecule has 0 heterocycles. The third-order valence-corrected chi connectivity index (χ3v) is 5.61. The van der Waals surface area contributed by atoms with Crippen molar-refractivity contribution in [2.45, 2.75) is 37.3 Å². The van der Waals surface area contributed by atoms with E-state index in [1.165, 1.54) is 22.4 Å². The van der Waals surface area contributed by atoms with Gasteiger partial charge in [-0.25, -0.2) is 9.18 Å². The number of amides is 2. The Hall–Kier alpha value is -2.92. The van der Waals surface area contributed by atoms with Gasteiger partial charge in [0.15, 0.2) is 0 Å². The molecule has 1 aliphatic rings.